The summed E-state index contributed by atoms with van der Waals surface area (Å²) in [5.41, 5.74) is -0.562. The zero-order valence-electron chi connectivity index (χ0n) is 11.1. The first-order valence-corrected chi connectivity index (χ1v) is 6.66. The summed E-state index contributed by atoms with van der Waals surface area (Å²) in [4.78, 5) is 0. The second-order valence-electron chi connectivity index (χ2n) is 5.85. The maximum atomic E-state index is 10.2. The molecule has 0 radical (unpaired) electrons. The highest BCUT2D eigenvalue weighted by Crippen LogP contribution is 2.16. The van der Waals surface area contributed by atoms with Gasteiger partial charge in [0.05, 0.1) is 5.60 Å². The molecule has 1 aliphatic rings. The summed E-state index contributed by atoms with van der Waals surface area (Å²) in [5, 5.41) is 17.1. The smallest absolute Gasteiger partial charge is 0.0746 e. The molecule has 1 saturated heterocycles. The van der Waals surface area contributed by atoms with Gasteiger partial charge in [-0.25, -0.2) is 0 Å². The average molecular weight is 228 g/mol. The van der Waals surface area contributed by atoms with Gasteiger partial charge < -0.3 is 15.7 Å². The van der Waals surface area contributed by atoms with E-state index >= 15 is 0 Å². The summed E-state index contributed by atoms with van der Waals surface area (Å²) in [6.07, 6.45) is 4.51. The van der Waals surface area contributed by atoms with Gasteiger partial charge in [-0.1, -0.05) is 13.8 Å². The largest absolute Gasteiger partial charge is 0.389 e. The molecular weight excluding hydrogens is 200 g/mol. The molecule has 3 N–H and O–H groups in total. The number of hydrogen-bond acceptors (Lipinski definition) is 3. The van der Waals surface area contributed by atoms with Gasteiger partial charge in [0.15, 0.2) is 0 Å². The van der Waals surface area contributed by atoms with E-state index in [-0.39, 0.29) is 0 Å². The fourth-order valence-electron chi connectivity index (χ4n) is 2.54. The van der Waals surface area contributed by atoms with E-state index in [2.05, 4.69) is 24.5 Å². The summed E-state index contributed by atoms with van der Waals surface area (Å²) >= 11 is 0. The van der Waals surface area contributed by atoms with Gasteiger partial charge in [-0.2, -0.15) is 0 Å². The summed E-state index contributed by atoms with van der Waals surface area (Å²) in [6.45, 7) is 9.21. The quantitative estimate of drug-likeness (QED) is 0.668. The molecule has 2 unspecified atom stereocenters. The molecule has 1 aliphatic heterocycles. The Morgan fingerprint density at radius 2 is 2.12 bits per heavy atom. The van der Waals surface area contributed by atoms with Gasteiger partial charge in [0, 0.05) is 12.6 Å². The van der Waals surface area contributed by atoms with Crippen LogP contribution in [0.25, 0.3) is 0 Å². The van der Waals surface area contributed by atoms with Crippen LogP contribution in [-0.2, 0) is 0 Å². The molecule has 3 nitrogen and oxygen atoms in total. The van der Waals surface area contributed by atoms with Crippen LogP contribution in [0.5, 0.6) is 0 Å². The van der Waals surface area contributed by atoms with Crippen molar-refractivity contribution in [2.45, 2.75) is 58.1 Å². The number of aliphatic hydroxyl groups is 1. The van der Waals surface area contributed by atoms with Crippen LogP contribution >= 0.6 is 0 Å². The second-order valence-corrected chi connectivity index (χ2v) is 5.85. The molecule has 0 aliphatic carbocycles. The molecule has 3 heteroatoms. The van der Waals surface area contributed by atoms with Gasteiger partial charge in [0.25, 0.3) is 0 Å². The molecule has 0 aromatic rings. The zero-order chi connectivity index (χ0) is 12.0. The number of nitrogens with one attached hydrogen (secondary N) is 2. The molecule has 1 fully saturated rings. The van der Waals surface area contributed by atoms with E-state index in [1.165, 1.54) is 19.3 Å². The molecule has 0 aromatic carbocycles. The molecule has 16 heavy (non-hydrogen) atoms. The predicted molar refractivity (Wildman–Crippen MR) is 68.6 cm³/mol. The third-order valence-electron chi connectivity index (χ3n) is 3.20. The highest BCUT2D eigenvalue weighted by molar-refractivity contribution is 4.81. The number of hydrogen-bond donors (Lipinski definition) is 3. The predicted octanol–water partition coefficient (Wildman–Crippen LogP) is 1.52. The van der Waals surface area contributed by atoms with Crippen molar-refractivity contribution in [1.29, 1.82) is 0 Å². The topological polar surface area (TPSA) is 44.3 Å². The van der Waals surface area contributed by atoms with Crippen molar-refractivity contribution in [3.05, 3.63) is 0 Å². The normalized spacial score (nSPS) is 26.4. The number of rotatable bonds is 5. The van der Waals surface area contributed by atoms with Gasteiger partial charge in [-0.3, -0.25) is 0 Å². The fraction of sp³-hybridized carbons (Fsp3) is 1.00. The van der Waals surface area contributed by atoms with Gasteiger partial charge in [-0.15, -0.1) is 0 Å². The van der Waals surface area contributed by atoms with Crippen molar-refractivity contribution in [3.63, 3.8) is 0 Å². The van der Waals surface area contributed by atoms with Gasteiger partial charge >= 0.3 is 0 Å². The lowest BCUT2D eigenvalue weighted by molar-refractivity contribution is 0.0355. The third-order valence-corrected chi connectivity index (χ3v) is 3.20. The van der Waals surface area contributed by atoms with Crippen molar-refractivity contribution in [2.24, 2.45) is 5.92 Å². The van der Waals surface area contributed by atoms with E-state index in [0.717, 1.165) is 26.1 Å². The van der Waals surface area contributed by atoms with Crippen LogP contribution in [0.15, 0.2) is 0 Å². The molecule has 1 heterocycles. The van der Waals surface area contributed by atoms with Crippen LogP contribution in [0.2, 0.25) is 0 Å². The Morgan fingerprint density at radius 1 is 1.38 bits per heavy atom. The summed E-state index contributed by atoms with van der Waals surface area (Å²) in [7, 11) is 0. The van der Waals surface area contributed by atoms with Crippen LogP contribution in [0, 0.1) is 5.92 Å². The Bertz CT molecular complexity index is 184. The zero-order valence-corrected chi connectivity index (χ0v) is 11.1. The minimum atomic E-state index is -0.562. The minimum absolute atomic E-state index is 0.549. The lowest BCUT2D eigenvalue weighted by atomic mass is 9.94. The van der Waals surface area contributed by atoms with Crippen molar-refractivity contribution in [1.82, 2.24) is 10.6 Å². The van der Waals surface area contributed by atoms with Gasteiger partial charge in [0.1, 0.15) is 0 Å². The lowest BCUT2D eigenvalue weighted by Gasteiger charge is -2.28. The van der Waals surface area contributed by atoms with E-state index in [0.29, 0.717) is 12.0 Å². The van der Waals surface area contributed by atoms with Crippen molar-refractivity contribution in [3.8, 4) is 0 Å². The molecule has 0 aromatic heterocycles. The maximum absolute atomic E-state index is 10.2. The van der Waals surface area contributed by atoms with Crippen molar-refractivity contribution >= 4 is 0 Å². The molecule has 0 saturated carbocycles. The molecular formula is C13H28N2O. The standard InChI is InChI=1S/C13H28N2O/c1-11(2)9-13(3,16)10-15-12-5-4-7-14-8-6-12/h11-12,14-16H,4-10H2,1-3H3. The Balaban J connectivity index is 2.25. The Hall–Kier alpha value is -0.120. The van der Waals surface area contributed by atoms with Crippen LogP contribution in [0.3, 0.4) is 0 Å². The molecule has 96 valence electrons. The molecule has 0 spiro atoms. The Labute approximate surface area is 100 Å². The highest BCUT2D eigenvalue weighted by atomic mass is 16.3. The van der Waals surface area contributed by atoms with Crippen LogP contribution in [0.4, 0.5) is 0 Å². The van der Waals surface area contributed by atoms with Crippen molar-refractivity contribution in [2.75, 3.05) is 19.6 Å². The summed E-state index contributed by atoms with van der Waals surface area (Å²) in [6, 6.07) is 0.577. The van der Waals surface area contributed by atoms with Crippen LogP contribution in [0.1, 0.15) is 46.5 Å². The first-order chi connectivity index (χ1) is 7.49. The first kappa shape index (κ1) is 13.9. The lowest BCUT2D eigenvalue weighted by Crippen LogP contribution is -2.43. The highest BCUT2D eigenvalue weighted by Gasteiger charge is 2.23. The van der Waals surface area contributed by atoms with Crippen LogP contribution < -0.4 is 10.6 Å². The summed E-state index contributed by atoms with van der Waals surface area (Å²) in [5.74, 6) is 0.549. The maximum Gasteiger partial charge on any atom is 0.0746 e. The molecule has 1 rings (SSSR count). The van der Waals surface area contributed by atoms with E-state index in [4.69, 9.17) is 0 Å². The molecule has 2 atom stereocenters. The molecule has 0 bridgehead atoms. The van der Waals surface area contributed by atoms with E-state index in [1.54, 1.807) is 0 Å². The van der Waals surface area contributed by atoms with Gasteiger partial charge in [-0.05, 0) is 51.6 Å². The average Bonchev–Trinajstić information content (AvgIpc) is 2.40. The first-order valence-electron chi connectivity index (χ1n) is 6.66. The van der Waals surface area contributed by atoms with Crippen molar-refractivity contribution < 1.29 is 5.11 Å². The monoisotopic (exact) mass is 228 g/mol. The van der Waals surface area contributed by atoms with Gasteiger partial charge in [0.2, 0.25) is 0 Å². The molecule has 0 amide bonds. The van der Waals surface area contributed by atoms with E-state index in [1.807, 2.05) is 6.92 Å². The SMILES string of the molecule is CC(C)CC(C)(O)CNC1CCCNCC1. The minimum Gasteiger partial charge on any atom is -0.389 e. The van der Waals surface area contributed by atoms with Crippen LogP contribution in [-0.4, -0.2) is 36.4 Å². The second kappa shape index (κ2) is 6.58. The summed E-state index contributed by atoms with van der Waals surface area (Å²) < 4.78 is 0. The fourth-order valence-corrected chi connectivity index (χ4v) is 2.54. The van der Waals surface area contributed by atoms with E-state index in [9.17, 15) is 5.11 Å². The Kier molecular flexibility index (Phi) is 5.73. The van der Waals surface area contributed by atoms with E-state index < -0.39 is 5.60 Å². The third kappa shape index (κ3) is 5.83. The Morgan fingerprint density at radius 3 is 2.81 bits per heavy atom.